The summed E-state index contributed by atoms with van der Waals surface area (Å²) >= 11 is 0. The second-order valence-corrected chi connectivity index (χ2v) is 3.88. The number of unbranched alkanes of at least 4 members (excludes halogenated alkanes) is 2. The molecule has 16 heavy (non-hydrogen) atoms. The number of carbonyl (C=O) groups is 1. The van der Waals surface area contributed by atoms with Crippen LogP contribution in [0.25, 0.3) is 0 Å². The summed E-state index contributed by atoms with van der Waals surface area (Å²) in [6, 6.07) is 0.384. The van der Waals surface area contributed by atoms with Gasteiger partial charge in [0.05, 0.1) is 6.61 Å². The average molecular weight is 225 g/mol. The number of nitrogens with one attached hydrogen (secondary N) is 1. The van der Waals surface area contributed by atoms with E-state index in [1.54, 1.807) is 0 Å². The second-order valence-electron chi connectivity index (χ2n) is 3.88. The molecule has 0 aliphatic carbocycles. The molecular weight excluding hydrogens is 202 g/mol. The Morgan fingerprint density at radius 3 is 2.81 bits per heavy atom. The van der Waals surface area contributed by atoms with Crippen LogP contribution in [0.4, 0.5) is 0 Å². The molecule has 0 radical (unpaired) electrons. The van der Waals surface area contributed by atoms with Crippen LogP contribution in [0, 0.1) is 12.3 Å². The predicted molar refractivity (Wildman–Crippen MR) is 66.0 cm³/mol. The van der Waals surface area contributed by atoms with Crippen LogP contribution in [0.1, 0.15) is 46.0 Å². The molecule has 0 aromatic rings. The fraction of sp³-hybridized carbons (Fsp3) is 0.769. The van der Waals surface area contributed by atoms with E-state index in [9.17, 15) is 4.79 Å². The van der Waals surface area contributed by atoms with Gasteiger partial charge in [-0.25, -0.2) is 0 Å². The third-order valence-electron chi connectivity index (χ3n) is 2.28. The molecule has 0 aromatic carbocycles. The van der Waals surface area contributed by atoms with Crippen molar-refractivity contribution in [1.82, 2.24) is 5.32 Å². The molecule has 0 amide bonds. The molecule has 0 heterocycles. The first-order valence-corrected chi connectivity index (χ1v) is 6.03. The molecule has 0 saturated heterocycles. The molecule has 0 bridgehead atoms. The van der Waals surface area contributed by atoms with Gasteiger partial charge in [0, 0.05) is 18.9 Å². The maximum atomic E-state index is 11.0. The van der Waals surface area contributed by atoms with Crippen molar-refractivity contribution >= 4 is 5.97 Å². The number of esters is 1. The largest absolute Gasteiger partial charge is 0.466 e. The molecule has 1 atom stereocenters. The number of ether oxygens (including phenoxy) is 1. The zero-order chi connectivity index (χ0) is 12.2. The van der Waals surface area contributed by atoms with Gasteiger partial charge in [0.1, 0.15) is 0 Å². The smallest absolute Gasteiger partial charge is 0.305 e. The molecule has 92 valence electrons. The van der Waals surface area contributed by atoms with Gasteiger partial charge in [-0.1, -0.05) is 6.42 Å². The van der Waals surface area contributed by atoms with Crippen molar-refractivity contribution in [2.45, 2.75) is 52.0 Å². The summed E-state index contributed by atoms with van der Waals surface area (Å²) in [5.74, 6) is 2.54. The topological polar surface area (TPSA) is 38.3 Å². The highest BCUT2D eigenvalue weighted by Gasteiger charge is 2.01. The lowest BCUT2D eigenvalue weighted by molar-refractivity contribution is -0.143. The summed E-state index contributed by atoms with van der Waals surface area (Å²) in [7, 11) is 0. The van der Waals surface area contributed by atoms with Gasteiger partial charge in [-0.05, 0) is 33.2 Å². The first-order valence-electron chi connectivity index (χ1n) is 6.03. The predicted octanol–water partition coefficient (Wildman–Crippen LogP) is 2.11. The van der Waals surface area contributed by atoms with Crippen LogP contribution >= 0.6 is 0 Å². The normalized spacial score (nSPS) is 11.8. The lowest BCUT2D eigenvalue weighted by Crippen LogP contribution is -2.26. The van der Waals surface area contributed by atoms with Crippen LogP contribution in [0.2, 0.25) is 0 Å². The number of hydrogen-bond donors (Lipinski definition) is 1. The van der Waals surface area contributed by atoms with Gasteiger partial charge in [-0.3, -0.25) is 4.79 Å². The molecule has 1 unspecified atom stereocenters. The van der Waals surface area contributed by atoms with Crippen molar-refractivity contribution in [2.24, 2.45) is 0 Å². The van der Waals surface area contributed by atoms with E-state index < -0.39 is 0 Å². The van der Waals surface area contributed by atoms with E-state index in [2.05, 4.69) is 18.2 Å². The van der Waals surface area contributed by atoms with Crippen LogP contribution in [-0.4, -0.2) is 25.2 Å². The van der Waals surface area contributed by atoms with Crippen LogP contribution < -0.4 is 5.32 Å². The Morgan fingerprint density at radius 1 is 1.44 bits per heavy atom. The Balaban J connectivity index is 3.22. The van der Waals surface area contributed by atoms with Gasteiger partial charge in [-0.2, -0.15) is 0 Å². The van der Waals surface area contributed by atoms with Gasteiger partial charge in [-0.15, -0.1) is 12.3 Å². The van der Waals surface area contributed by atoms with E-state index in [0.29, 0.717) is 19.1 Å². The van der Waals surface area contributed by atoms with Crippen molar-refractivity contribution in [3.8, 4) is 12.3 Å². The summed E-state index contributed by atoms with van der Waals surface area (Å²) in [5, 5.41) is 3.34. The third kappa shape index (κ3) is 9.54. The molecule has 1 N–H and O–H groups in total. The quantitative estimate of drug-likeness (QED) is 0.371. The van der Waals surface area contributed by atoms with Gasteiger partial charge in [0.15, 0.2) is 0 Å². The fourth-order valence-corrected chi connectivity index (χ4v) is 1.40. The van der Waals surface area contributed by atoms with Crippen LogP contribution in [0.5, 0.6) is 0 Å². The molecule has 0 saturated carbocycles. The molecule has 0 rings (SSSR count). The summed E-state index contributed by atoms with van der Waals surface area (Å²) in [6.45, 7) is 5.35. The minimum Gasteiger partial charge on any atom is -0.466 e. The third-order valence-corrected chi connectivity index (χ3v) is 2.28. The molecule has 0 aliphatic heterocycles. The summed E-state index contributed by atoms with van der Waals surface area (Å²) < 4.78 is 4.84. The highest BCUT2D eigenvalue weighted by atomic mass is 16.5. The lowest BCUT2D eigenvalue weighted by Gasteiger charge is -2.10. The van der Waals surface area contributed by atoms with E-state index in [-0.39, 0.29) is 5.97 Å². The summed E-state index contributed by atoms with van der Waals surface area (Å²) in [6.07, 6.45) is 9.54. The molecule has 3 nitrogen and oxygen atoms in total. The van der Waals surface area contributed by atoms with Crippen molar-refractivity contribution < 1.29 is 9.53 Å². The van der Waals surface area contributed by atoms with E-state index in [1.807, 2.05) is 6.92 Å². The number of rotatable bonds is 9. The highest BCUT2D eigenvalue weighted by Crippen LogP contribution is 2.01. The molecule has 0 aromatic heterocycles. The van der Waals surface area contributed by atoms with Crippen molar-refractivity contribution in [3.05, 3.63) is 0 Å². The molecular formula is C13H23NO2. The number of carbonyl (C=O) groups excluding carboxylic acids is 1. The van der Waals surface area contributed by atoms with Crippen molar-refractivity contribution in [3.63, 3.8) is 0 Å². The minimum atomic E-state index is -0.0869. The zero-order valence-corrected chi connectivity index (χ0v) is 10.4. The van der Waals surface area contributed by atoms with Gasteiger partial charge >= 0.3 is 5.97 Å². The Bertz CT molecular complexity index is 220. The van der Waals surface area contributed by atoms with Crippen molar-refractivity contribution in [1.29, 1.82) is 0 Å². The Labute approximate surface area is 98.9 Å². The second kappa shape index (κ2) is 10.5. The standard InChI is InChI=1S/C13H23NO2/c1-4-9-12(3)14-11-8-6-7-10-13(15)16-5-2/h1,12,14H,5-11H2,2-3H3. The van der Waals surface area contributed by atoms with E-state index in [4.69, 9.17) is 11.2 Å². The molecule has 0 spiro atoms. The highest BCUT2D eigenvalue weighted by molar-refractivity contribution is 5.69. The van der Waals surface area contributed by atoms with Crippen LogP contribution in [0.3, 0.4) is 0 Å². The first kappa shape index (κ1) is 15.0. The van der Waals surface area contributed by atoms with Gasteiger partial charge in [0.2, 0.25) is 0 Å². The summed E-state index contributed by atoms with van der Waals surface area (Å²) in [4.78, 5) is 11.0. The van der Waals surface area contributed by atoms with E-state index in [1.165, 1.54) is 0 Å². The maximum absolute atomic E-state index is 11.0. The molecule has 0 fully saturated rings. The number of terminal acetylenes is 1. The van der Waals surface area contributed by atoms with E-state index >= 15 is 0 Å². The first-order chi connectivity index (χ1) is 7.70. The average Bonchev–Trinajstić information content (AvgIpc) is 2.24. The van der Waals surface area contributed by atoms with Crippen LogP contribution in [0.15, 0.2) is 0 Å². The zero-order valence-electron chi connectivity index (χ0n) is 10.4. The van der Waals surface area contributed by atoms with Crippen LogP contribution in [-0.2, 0) is 9.53 Å². The lowest BCUT2D eigenvalue weighted by atomic mass is 10.2. The van der Waals surface area contributed by atoms with Gasteiger partial charge in [0.25, 0.3) is 0 Å². The van der Waals surface area contributed by atoms with Gasteiger partial charge < -0.3 is 10.1 Å². The fourth-order valence-electron chi connectivity index (χ4n) is 1.40. The SMILES string of the molecule is C#CCC(C)NCCCCCC(=O)OCC. The molecule has 3 heteroatoms. The minimum absolute atomic E-state index is 0.0869. The summed E-state index contributed by atoms with van der Waals surface area (Å²) in [5.41, 5.74) is 0. The number of hydrogen-bond acceptors (Lipinski definition) is 3. The Hall–Kier alpha value is -1.01. The Kier molecular flexibility index (Phi) is 9.84. The van der Waals surface area contributed by atoms with Crippen molar-refractivity contribution in [2.75, 3.05) is 13.2 Å². The Morgan fingerprint density at radius 2 is 2.19 bits per heavy atom. The maximum Gasteiger partial charge on any atom is 0.305 e. The van der Waals surface area contributed by atoms with E-state index in [0.717, 1.165) is 32.2 Å². The monoisotopic (exact) mass is 225 g/mol. The molecule has 0 aliphatic rings.